The summed E-state index contributed by atoms with van der Waals surface area (Å²) in [5, 5.41) is 10.1. The minimum atomic E-state index is -0.995. The van der Waals surface area contributed by atoms with Gasteiger partial charge in [-0.2, -0.15) is 0 Å². The van der Waals surface area contributed by atoms with Crippen molar-refractivity contribution in [3.63, 3.8) is 0 Å². The maximum Gasteiger partial charge on any atom is 0.337 e. The fourth-order valence-corrected chi connectivity index (χ4v) is 4.30. The minimum absolute atomic E-state index is 0.187. The number of nitrogens with one attached hydrogen (secondary N) is 1. The average molecular weight is 414 g/mol. The van der Waals surface area contributed by atoms with Crippen molar-refractivity contribution in [2.45, 2.75) is 31.4 Å². The second-order valence-electron chi connectivity index (χ2n) is 7.49. The summed E-state index contributed by atoms with van der Waals surface area (Å²) in [4.78, 5) is 21.5. The molecule has 1 aliphatic rings. The number of likely N-dealkylation sites (tertiary alicyclic amines) is 1. The van der Waals surface area contributed by atoms with E-state index in [0.29, 0.717) is 28.7 Å². The van der Waals surface area contributed by atoms with Crippen LogP contribution in [0.2, 0.25) is 5.02 Å². The van der Waals surface area contributed by atoms with E-state index in [-0.39, 0.29) is 5.56 Å². The van der Waals surface area contributed by atoms with Crippen LogP contribution in [-0.4, -0.2) is 52.2 Å². The Kier molecular flexibility index (Phi) is 5.85. The molecule has 0 radical (unpaired) electrons. The molecule has 0 unspecified atom stereocenters. The molecule has 0 saturated carbocycles. The van der Waals surface area contributed by atoms with Gasteiger partial charge in [-0.15, -0.1) is 0 Å². The van der Waals surface area contributed by atoms with Crippen molar-refractivity contribution in [2.75, 3.05) is 20.2 Å². The molecule has 0 spiro atoms. The highest BCUT2D eigenvalue weighted by atomic mass is 35.5. The molecule has 3 aromatic rings. The summed E-state index contributed by atoms with van der Waals surface area (Å²) >= 11 is 6.47. The number of hydrogen-bond donors (Lipinski definition) is 2. The molecule has 6 nitrogen and oxygen atoms in total. The van der Waals surface area contributed by atoms with Crippen molar-refractivity contribution in [1.82, 2.24) is 14.9 Å². The molecule has 2 atom stereocenters. The van der Waals surface area contributed by atoms with Crippen LogP contribution in [0.15, 0.2) is 42.6 Å². The van der Waals surface area contributed by atoms with Gasteiger partial charge in [-0.05, 0) is 51.1 Å². The topological polar surface area (TPSA) is 78.4 Å². The summed E-state index contributed by atoms with van der Waals surface area (Å²) in [5.41, 5.74) is 2.86. The zero-order valence-corrected chi connectivity index (χ0v) is 17.0. The van der Waals surface area contributed by atoms with E-state index < -0.39 is 12.1 Å². The van der Waals surface area contributed by atoms with Crippen LogP contribution in [0.1, 0.15) is 47.0 Å². The third-order valence-corrected chi connectivity index (χ3v) is 5.99. The standard InChI is InChI=1S/C22H24ClN3O3/c1-26-11-4-5-14(26)9-12-29-21(15-6-2-3-7-17(15)23)19-13-18-20(25-19)16(22(27)28)8-10-24-18/h2-3,6-8,10,13-14,21,25H,4-5,9,11-12H2,1H3,(H,27,28)/t14-,21+/m1/s1. The van der Waals surface area contributed by atoms with Crippen molar-refractivity contribution >= 4 is 28.6 Å². The quantitative estimate of drug-likeness (QED) is 0.596. The molecule has 152 valence electrons. The van der Waals surface area contributed by atoms with Crippen molar-refractivity contribution in [3.8, 4) is 0 Å². The number of halogens is 1. The Bertz CT molecular complexity index is 1020. The summed E-state index contributed by atoms with van der Waals surface area (Å²) in [6, 6.07) is 11.4. The van der Waals surface area contributed by atoms with Gasteiger partial charge >= 0.3 is 5.97 Å². The zero-order chi connectivity index (χ0) is 20.4. The van der Waals surface area contributed by atoms with E-state index in [9.17, 15) is 9.90 Å². The lowest BCUT2D eigenvalue weighted by molar-refractivity contribution is 0.0640. The molecule has 0 amide bonds. The van der Waals surface area contributed by atoms with Crippen LogP contribution >= 0.6 is 11.6 Å². The van der Waals surface area contributed by atoms with Gasteiger partial charge in [0.25, 0.3) is 0 Å². The Morgan fingerprint density at radius 1 is 1.41 bits per heavy atom. The van der Waals surface area contributed by atoms with E-state index in [0.717, 1.165) is 24.2 Å². The van der Waals surface area contributed by atoms with E-state index in [2.05, 4.69) is 21.9 Å². The number of benzene rings is 1. The van der Waals surface area contributed by atoms with Crippen LogP contribution in [-0.2, 0) is 4.74 Å². The highest BCUT2D eigenvalue weighted by Gasteiger charge is 2.24. The Labute approximate surface area is 174 Å². The molecule has 1 saturated heterocycles. The van der Waals surface area contributed by atoms with E-state index in [4.69, 9.17) is 16.3 Å². The first-order valence-electron chi connectivity index (χ1n) is 9.82. The number of aromatic nitrogens is 2. The summed E-state index contributed by atoms with van der Waals surface area (Å²) in [6.07, 6.45) is 4.43. The predicted molar refractivity (Wildman–Crippen MR) is 113 cm³/mol. The number of ether oxygens (including phenoxy) is 1. The third-order valence-electron chi connectivity index (χ3n) is 5.65. The average Bonchev–Trinajstić information content (AvgIpc) is 3.31. The van der Waals surface area contributed by atoms with Crippen LogP contribution in [0.3, 0.4) is 0 Å². The van der Waals surface area contributed by atoms with Crippen molar-refractivity contribution in [1.29, 1.82) is 0 Å². The normalized spacial score (nSPS) is 18.3. The first-order chi connectivity index (χ1) is 14.0. The number of rotatable bonds is 7. The number of nitrogens with zero attached hydrogens (tertiary/aromatic N) is 2. The summed E-state index contributed by atoms with van der Waals surface area (Å²) in [5.74, 6) is -0.995. The Balaban J connectivity index is 1.65. The lowest BCUT2D eigenvalue weighted by atomic mass is 10.1. The van der Waals surface area contributed by atoms with E-state index in [1.54, 1.807) is 0 Å². The monoisotopic (exact) mass is 413 g/mol. The molecule has 1 fully saturated rings. The Morgan fingerprint density at radius 2 is 2.24 bits per heavy atom. The first-order valence-corrected chi connectivity index (χ1v) is 10.2. The number of carboxylic acid groups (broad SMARTS) is 1. The molecule has 1 aliphatic heterocycles. The van der Waals surface area contributed by atoms with Gasteiger partial charge in [-0.25, -0.2) is 4.79 Å². The molecule has 0 aliphatic carbocycles. The fourth-order valence-electron chi connectivity index (χ4n) is 4.07. The first kappa shape index (κ1) is 19.9. The van der Waals surface area contributed by atoms with E-state index >= 15 is 0 Å². The van der Waals surface area contributed by atoms with Crippen LogP contribution < -0.4 is 0 Å². The van der Waals surface area contributed by atoms with Crippen molar-refractivity contribution < 1.29 is 14.6 Å². The van der Waals surface area contributed by atoms with Crippen molar-refractivity contribution in [3.05, 3.63) is 64.4 Å². The predicted octanol–water partition coefficient (Wildman–Crippen LogP) is 4.50. The molecule has 3 heterocycles. The van der Waals surface area contributed by atoms with E-state index in [1.807, 2.05) is 30.3 Å². The van der Waals surface area contributed by atoms with Crippen LogP contribution in [0, 0.1) is 0 Å². The summed E-state index contributed by atoms with van der Waals surface area (Å²) < 4.78 is 6.32. The number of aromatic amines is 1. The molecule has 4 rings (SSSR count). The minimum Gasteiger partial charge on any atom is -0.478 e. The number of aromatic carboxylic acids is 1. The highest BCUT2D eigenvalue weighted by molar-refractivity contribution is 6.31. The summed E-state index contributed by atoms with van der Waals surface area (Å²) in [7, 11) is 2.15. The number of fused-ring (bicyclic) bond motifs is 1. The van der Waals surface area contributed by atoms with Gasteiger partial charge in [0.15, 0.2) is 0 Å². The molecular formula is C22H24ClN3O3. The second-order valence-corrected chi connectivity index (χ2v) is 7.89. The number of carbonyl (C=O) groups is 1. The van der Waals surface area contributed by atoms with Crippen molar-refractivity contribution in [2.24, 2.45) is 0 Å². The fraction of sp³-hybridized carbons (Fsp3) is 0.364. The summed E-state index contributed by atoms with van der Waals surface area (Å²) in [6.45, 7) is 1.71. The lowest BCUT2D eigenvalue weighted by Gasteiger charge is -2.22. The number of pyridine rings is 1. The maximum absolute atomic E-state index is 11.6. The Hall–Kier alpha value is -2.41. The lowest BCUT2D eigenvalue weighted by Crippen LogP contribution is -2.26. The van der Waals surface area contributed by atoms with Gasteiger partial charge < -0.3 is 19.7 Å². The number of H-pyrrole nitrogens is 1. The van der Waals surface area contributed by atoms with Gasteiger partial charge in [0.05, 0.1) is 22.3 Å². The SMILES string of the molecule is CN1CCC[C@@H]1CCO[C@H](c1cc2nccc(C(=O)O)c2[nH]1)c1ccccc1Cl. The van der Waals surface area contributed by atoms with Crippen LogP contribution in [0.4, 0.5) is 0 Å². The number of hydrogen-bond acceptors (Lipinski definition) is 4. The van der Waals surface area contributed by atoms with Gasteiger partial charge in [0.1, 0.15) is 6.10 Å². The van der Waals surface area contributed by atoms with Crippen LogP contribution in [0.5, 0.6) is 0 Å². The van der Waals surface area contributed by atoms with Gasteiger partial charge in [0, 0.05) is 29.4 Å². The second kappa shape index (κ2) is 8.53. The smallest absolute Gasteiger partial charge is 0.337 e. The Morgan fingerprint density at radius 3 is 2.97 bits per heavy atom. The molecule has 2 N–H and O–H groups in total. The molecule has 29 heavy (non-hydrogen) atoms. The highest BCUT2D eigenvalue weighted by Crippen LogP contribution is 2.33. The molecule has 7 heteroatoms. The largest absolute Gasteiger partial charge is 0.478 e. The van der Waals surface area contributed by atoms with Gasteiger partial charge in [-0.3, -0.25) is 4.98 Å². The van der Waals surface area contributed by atoms with Gasteiger partial charge in [0.2, 0.25) is 0 Å². The van der Waals surface area contributed by atoms with Gasteiger partial charge in [-0.1, -0.05) is 29.8 Å². The number of carboxylic acids is 1. The molecule has 1 aromatic carbocycles. The molecular weight excluding hydrogens is 390 g/mol. The molecule has 0 bridgehead atoms. The zero-order valence-electron chi connectivity index (χ0n) is 16.3. The molecule has 2 aromatic heterocycles. The third kappa shape index (κ3) is 4.15. The van der Waals surface area contributed by atoms with E-state index in [1.165, 1.54) is 25.1 Å². The van der Waals surface area contributed by atoms with Crippen LogP contribution in [0.25, 0.3) is 11.0 Å². The maximum atomic E-state index is 11.6.